The molecule has 3 nitrogen and oxygen atoms in total. The number of aliphatic hydroxyl groups is 1. The Bertz CT molecular complexity index is 355. The summed E-state index contributed by atoms with van der Waals surface area (Å²) in [6, 6.07) is 0. The zero-order valence-electron chi connectivity index (χ0n) is 13.4. The van der Waals surface area contributed by atoms with Gasteiger partial charge in [0.2, 0.25) is 0 Å². The number of aliphatic hydroxyl groups excluding tert-OH is 1. The Balaban J connectivity index is 1.87. The maximum Gasteiger partial charge on any atom is 0.154 e. The highest BCUT2D eigenvalue weighted by Crippen LogP contribution is 2.26. The average Bonchev–Trinajstić information content (AvgIpc) is 2.69. The molecule has 5 heteroatoms. The number of sulfone groups is 1. The molecular weight excluding hydrogens is 304 g/mol. The lowest BCUT2D eigenvalue weighted by Crippen LogP contribution is -2.20. The van der Waals surface area contributed by atoms with Crippen LogP contribution in [0.15, 0.2) is 0 Å². The SMILES string of the molecule is CCCCCCCCCCCCS[C@H]1CS(=O)(=O)C[C@@H]1O. The summed E-state index contributed by atoms with van der Waals surface area (Å²) in [6.45, 7) is 2.25. The first-order valence-corrected chi connectivity index (χ1v) is 11.4. The predicted molar refractivity (Wildman–Crippen MR) is 92.8 cm³/mol. The molecule has 0 spiro atoms. The first-order valence-electron chi connectivity index (χ1n) is 8.55. The molecule has 0 amide bonds. The van der Waals surface area contributed by atoms with E-state index in [2.05, 4.69) is 6.92 Å². The molecule has 0 aromatic rings. The lowest BCUT2D eigenvalue weighted by Gasteiger charge is -2.11. The van der Waals surface area contributed by atoms with Gasteiger partial charge in [-0.15, -0.1) is 0 Å². The maximum absolute atomic E-state index is 11.4. The van der Waals surface area contributed by atoms with Crippen molar-refractivity contribution in [2.45, 2.75) is 82.5 Å². The molecule has 0 aromatic carbocycles. The number of unbranched alkanes of at least 4 members (excludes halogenated alkanes) is 9. The van der Waals surface area contributed by atoms with Crippen LogP contribution in [-0.2, 0) is 9.84 Å². The summed E-state index contributed by atoms with van der Waals surface area (Å²) in [7, 11) is -2.98. The van der Waals surface area contributed by atoms with Crippen LogP contribution in [0.1, 0.15) is 71.1 Å². The fourth-order valence-electron chi connectivity index (χ4n) is 2.78. The van der Waals surface area contributed by atoms with E-state index in [0.717, 1.165) is 12.2 Å². The number of rotatable bonds is 12. The molecule has 0 saturated carbocycles. The van der Waals surface area contributed by atoms with E-state index in [4.69, 9.17) is 0 Å². The van der Waals surface area contributed by atoms with Gasteiger partial charge >= 0.3 is 0 Å². The van der Waals surface area contributed by atoms with Gasteiger partial charge in [-0.1, -0.05) is 64.7 Å². The van der Waals surface area contributed by atoms with Crippen molar-refractivity contribution in [3.63, 3.8) is 0 Å². The molecule has 126 valence electrons. The zero-order chi connectivity index (χ0) is 15.6. The van der Waals surface area contributed by atoms with Crippen molar-refractivity contribution in [1.29, 1.82) is 0 Å². The van der Waals surface area contributed by atoms with Gasteiger partial charge in [-0.05, 0) is 12.2 Å². The van der Waals surface area contributed by atoms with Gasteiger partial charge in [0, 0.05) is 5.25 Å². The molecule has 0 radical (unpaired) electrons. The average molecular weight is 337 g/mol. The molecule has 1 heterocycles. The molecule has 21 heavy (non-hydrogen) atoms. The van der Waals surface area contributed by atoms with Gasteiger partial charge in [-0.25, -0.2) is 8.42 Å². The summed E-state index contributed by atoms with van der Waals surface area (Å²) < 4.78 is 22.8. The lowest BCUT2D eigenvalue weighted by atomic mass is 10.1. The second-order valence-corrected chi connectivity index (χ2v) is 9.74. The third kappa shape index (κ3) is 9.09. The predicted octanol–water partition coefficient (Wildman–Crippen LogP) is 3.80. The largest absolute Gasteiger partial charge is 0.391 e. The van der Waals surface area contributed by atoms with Crippen LogP contribution in [-0.4, -0.2) is 42.1 Å². The molecule has 1 aliphatic heterocycles. The van der Waals surface area contributed by atoms with Gasteiger partial charge in [0.25, 0.3) is 0 Å². The van der Waals surface area contributed by atoms with E-state index in [1.54, 1.807) is 11.8 Å². The fourth-order valence-corrected chi connectivity index (χ4v) is 6.51. The van der Waals surface area contributed by atoms with E-state index in [9.17, 15) is 13.5 Å². The minimum absolute atomic E-state index is 0.0390. The van der Waals surface area contributed by atoms with Crippen LogP contribution in [0.2, 0.25) is 0 Å². The molecule has 2 atom stereocenters. The molecule has 1 fully saturated rings. The molecule has 1 N–H and O–H groups in total. The van der Waals surface area contributed by atoms with E-state index >= 15 is 0 Å². The third-order valence-corrected chi connectivity index (χ3v) is 7.46. The van der Waals surface area contributed by atoms with Crippen LogP contribution in [0, 0.1) is 0 Å². The Morgan fingerprint density at radius 3 is 1.90 bits per heavy atom. The molecule has 1 rings (SSSR count). The Hall–Kier alpha value is 0.260. The Labute approximate surface area is 135 Å². The van der Waals surface area contributed by atoms with Crippen molar-refractivity contribution in [2.75, 3.05) is 17.3 Å². The Kier molecular flexibility index (Phi) is 10.0. The first-order chi connectivity index (χ1) is 10.0. The number of hydrogen-bond donors (Lipinski definition) is 1. The highest BCUT2D eigenvalue weighted by molar-refractivity contribution is 8.01. The second kappa shape index (κ2) is 10.9. The fraction of sp³-hybridized carbons (Fsp3) is 1.00. The molecule has 1 aliphatic rings. The first kappa shape index (κ1) is 19.3. The van der Waals surface area contributed by atoms with Crippen molar-refractivity contribution in [3.8, 4) is 0 Å². The molecule has 1 saturated heterocycles. The normalized spacial score (nSPS) is 24.5. The van der Waals surface area contributed by atoms with Crippen LogP contribution in [0.25, 0.3) is 0 Å². The van der Waals surface area contributed by atoms with E-state index in [0.29, 0.717) is 0 Å². The lowest BCUT2D eigenvalue weighted by molar-refractivity contribution is 0.207. The van der Waals surface area contributed by atoms with Gasteiger partial charge in [0.05, 0.1) is 17.6 Å². The Morgan fingerprint density at radius 2 is 1.43 bits per heavy atom. The zero-order valence-corrected chi connectivity index (χ0v) is 15.1. The quantitative estimate of drug-likeness (QED) is 0.551. The van der Waals surface area contributed by atoms with Crippen molar-refractivity contribution in [3.05, 3.63) is 0 Å². The van der Waals surface area contributed by atoms with Crippen molar-refractivity contribution < 1.29 is 13.5 Å². The smallest absolute Gasteiger partial charge is 0.154 e. The van der Waals surface area contributed by atoms with Crippen molar-refractivity contribution in [1.82, 2.24) is 0 Å². The summed E-state index contributed by atoms with van der Waals surface area (Å²) in [5, 5.41) is 9.60. The van der Waals surface area contributed by atoms with Crippen LogP contribution in [0.5, 0.6) is 0 Å². The summed E-state index contributed by atoms with van der Waals surface area (Å²) >= 11 is 1.64. The van der Waals surface area contributed by atoms with Gasteiger partial charge in [0.15, 0.2) is 9.84 Å². The molecule has 0 bridgehead atoms. The standard InChI is InChI=1S/C16H32O3S2/c1-2-3-4-5-6-7-8-9-10-11-12-20-16-14-21(18,19)13-15(16)17/h15-17H,2-14H2,1H3/t15-,16-/m0/s1. The summed E-state index contributed by atoms with van der Waals surface area (Å²) in [5.74, 6) is 1.10. The molecule has 0 aliphatic carbocycles. The monoisotopic (exact) mass is 336 g/mol. The highest BCUT2D eigenvalue weighted by Gasteiger charge is 2.36. The summed E-state index contributed by atoms with van der Waals surface area (Å²) in [4.78, 5) is 0. The van der Waals surface area contributed by atoms with Gasteiger partial charge in [-0.3, -0.25) is 0 Å². The van der Waals surface area contributed by atoms with Crippen LogP contribution < -0.4 is 0 Å². The van der Waals surface area contributed by atoms with Crippen LogP contribution in [0.4, 0.5) is 0 Å². The second-order valence-electron chi connectivity index (χ2n) is 6.24. The number of hydrogen-bond acceptors (Lipinski definition) is 4. The van der Waals surface area contributed by atoms with E-state index in [-0.39, 0.29) is 16.8 Å². The van der Waals surface area contributed by atoms with Crippen molar-refractivity contribution >= 4 is 21.6 Å². The van der Waals surface area contributed by atoms with Gasteiger partial charge < -0.3 is 5.11 Å². The third-order valence-electron chi connectivity index (χ3n) is 4.10. The van der Waals surface area contributed by atoms with Crippen LogP contribution in [0.3, 0.4) is 0 Å². The van der Waals surface area contributed by atoms with Gasteiger partial charge in [0.1, 0.15) is 0 Å². The highest BCUT2D eigenvalue weighted by atomic mass is 32.2. The van der Waals surface area contributed by atoms with E-state index in [1.807, 2.05) is 0 Å². The number of thioether (sulfide) groups is 1. The van der Waals surface area contributed by atoms with E-state index in [1.165, 1.54) is 57.8 Å². The summed E-state index contributed by atoms with van der Waals surface area (Å²) in [5.41, 5.74) is 0. The minimum atomic E-state index is -2.98. The summed E-state index contributed by atoms with van der Waals surface area (Å²) in [6.07, 6.45) is 12.5. The van der Waals surface area contributed by atoms with E-state index < -0.39 is 15.9 Å². The van der Waals surface area contributed by atoms with Gasteiger partial charge in [-0.2, -0.15) is 11.8 Å². The Morgan fingerprint density at radius 1 is 0.905 bits per heavy atom. The maximum atomic E-state index is 11.4. The van der Waals surface area contributed by atoms with Crippen LogP contribution >= 0.6 is 11.8 Å². The molecule has 0 aromatic heterocycles. The minimum Gasteiger partial charge on any atom is -0.391 e. The topological polar surface area (TPSA) is 54.4 Å². The molecule has 0 unspecified atom stereocenters. The van der Waals surface area contributed by atoms with Crippen molar-refractivity contribution in [2.24, 2.45) is 0 Å². The molecular formula is C16H32O3S2.